The average molecular weight is 351 g/mol. The molecule has 1 saturated carbocycles. The van der Waals surface area contributed by atoms with Crippen LogP contribution in [0.15, 0.2) is 41.6 Å². The third-order valence-electron chi connectivity index (χ3n) is 4.87. The number of nitrogens with zero attached hydrogens (tertiary/aromatic N) is 4. The van der Waals surface area contributed by atoms with E-state index in [1.165, 1.54) is 17.1 Å². The molecule has 0 atom stereocenters. The highest BCUT2D eigenvalue weighted by molar-refractivity contribution is 5.78. The fraction of sp³-hybridized carbons (Fsp3) is 0.368. The molecule has 0 spiro atoms. The summed E-state index contributed by atoms with van der Waals surface area (Å²) in [5.74, 6) is -0.147. The third-order valence-corrected chi connectivity index (χ3v) is 4.87. The van der Waals surface area contributed by atoms with Crippen LogP contribution in [0.5, 0.6) is 0 Å². The lowest BCUT2D eigenvalue weighted by atomic mass is 10.2. The maximum atomic E-state index is 12.7. The molecule has 3 aromatic rings. The third kappa shape index (κ3) is 3.12. The van der Waals surface area contributed by atoms with Gasteiger partial charge in [0.05, 0.1) is 11.9 Å². The normalized spacial score (nSPS) is 14.8. The zero-order valence-electron chi connectivity index (χ0n) is 14.7. The molecule has 0 aliphatic heterocycles. The number of aryl methyl sites for hydroxylation is 1. The summed E-state index contributed by atoms with van der Waals surface area (Å²) in [5, 5.41) is 7.70. The second-order valence-electron chi connectivity index (χ2n) is 6.86. The maximum Gasteiger partial charge on any atom is 0.264 e. The molecule has 1 N–H and O–H groups in total. The number of amides is 1. The van der Waals surface area contributed by atoms with Crippen molar-refractivity contribution in [1.29, 1.82) is 0 Å². The zero-order valence-corrected chi connectivity index (χ0v) is 14.7. The topological polar surface area (TPSA) is 81.8 Å². The zero-order chi connectivity index (χ0) is 18.1. The molecule has 2 heterocycles. The van der Waals surface area contributed by atoms with Crippen molar-refractivity contribution < 1.29 is 4.79 Å². The predicted molar refractivity (Wildman–Crippen MR) is 98.3 cm³/mol. The van der Waals surface area contributed by atoms with Crippen LogP contribution in [0, 0.1) is 6.92 Å². The first-order chi connectivity index (χ1) is 12.6. The Morgan fingerprint density at radius 3 is 2.69 bits per heavy atom. The number of hydrogen-bond acceptors (Lipinski definition) is 4. The highest BCUT2D eigenvalue weighted by Gasteiger charge is 2.18. The van der Waals surface area contributed by atoms with Gasteiger partial charge in [-0.05, 0) is 31.9 Å². The molecule has 0 radical (unpaired) electrons. The molecule has 134 valence electrons. The Bertz CT molecular complexity index is 997. The highest BCUT2D eigenvalue weighted by Crippen LogP contribution is 2.17. The number of benzene rings is 1. The van der Waals surface area contributed by atoms with Gasteiger partial charge < -0.3 is 5.32 Å². The number of aromatic nitrogens is 4. The van der Waals surface area contributed by atoms with Gasteiger partial charge in [0.25, 0.3) is 5.56 Å². The molecule has 7 nitrogen and oxygen atoms in total. The minimum atomic E-state index is -0.255. The SMILES string of the molecule is Cc1ccc(-n2ncc3c(=O)n(CC(=O)NC4CCCC4)cnc32)cc1. The van der Waals surface area contributed by atoms with Gasteiger partial charge >= 0.3 is 0 Å². The van der Waals surface area contributed by atoms with Crippen LogP contribution in [0.25, 0.3) is 16.7 Å². The molecule has 1 aromatic carbocycles. The highest BCUT2D eigenvalue weighted by atomic mass is 16.2. The maximum absolute atomic E-state index is 12.7. The van der Waals surface area contributed by atoms with Crippen LogP contribution in [0.4, 0.5) is 0 Å². The average Bonchev–Trinajstić information content (AvgIpc) is 3.28. The first-order valence-corrected chi connectivity index (χ1v) is 8.91. The minimum Gasteiger partial charge on any atom is -0.352 e. The first kappa shape index (κ1) is 16.5. The van der Waals surface area contributed by atoms with Crippen molar-refractivity contribution in [3.8, 4) is 5.69 Å². The van der Waals surface area contributed by atoms with E-state index in [2.05, 4.69) is 15.4 Å². The van der Waals surface area contributed by atoms with Gasteiger partial charge in [0.15, 0.2) is 5.65 Å². The number of carbonyl (C=O) groups is 1. The first-order valence-electron chi connectivity index (χ1n) is 8.91. The summed E-state index contributed by atoms with van der Waals surface area (Å²) >= 11 is 0. The molecule has 0 bridgehead atoms. The molecule has 1 aliphatic carbocycles. The standard InChI is InChI=1S/C19H21N5O2/c1-13-6-8-15(9-7-13)24-18-16(10-21-24)19(26)23(12-20-18)11-17(25)22-14-4-2-3-5-14/h6-10,12,14H,2-5,11H2,1H3,(H,22,25). The Morgan fingerprint density at radius 1 is 1.23 bits per heavy atom. The second kappa shape index (κ2) is 6.74. The van der Waals surface area contributed by atoms with Crippen molar-refractivity contribution in [2.24, 2.45) is 0 Å². The molecule has 2 aromatic heterocycles. The minimum absolute atomic E-state index is 0.0199. The van der Waals surface area contributed by atoms with Crippen LogP contribution in [0.2, 0.25) is 0 Å². The fourth-order valence-corrected chi connectivity index (χ4v) is 3.43. The lowest BCUT2D eigenvalue weighted by Crippen LogP contribution is -2.37. The van der Waals surface area contributed by atoms with Gasteiger partial charge in [0, 0.05) is 6.04 Å². The summed E-state index contributed by atoms with van der Waals surface area (Å²) in [4.78, 5) is 29.3. The van der Waals surface area contributed by atoms with E-state index in [4.69, 9.17) is 0 Å². The summed E-state index contributed by atoms with van der Waals surface area (Å²) in [6, 6.07) is 8.07. The Balaban J connectivity index is 1.60. The van der Waals surface area contributed by atoms with Crippen LogP contribution in [-0.4, -0.2) is 31.3 Å². The van der Waals surface area contributed by atoms with E-state index < -0.39 is 0 Å². The molecular weight excluding hydrogens is 330 g/mol. The summed E-state index contributed by atoms with van der Waals surface area (Å²) in [6.07, 6.45) is 7.26. The quantitative estimate of drug-likeness (QED) is 0.779. The van der Waals surface area contributed by atoms with Gasteiger partial charge in [0.1, 0.15) is 18.3 Å². The van der Waals surface area contributed by atoms with Gasteiger partial charge in [-0.2, -0.15) is 5.10 Å². The summed E-state index contributed by atoms with van der Waals surface area (Å²) < 4.78 is 2.98. The Labute approximate surface area is 150 Å². The second-order valence-corrected chi connectivity index (χ2v) is 6.86. The largest absolute Gasteiger partial charge is 0.352 e. The fourth-order valence-electron chi connectivity index (χ4n) is 3.43. The van der Waals surface area contributed by atoms with Crippen LogP contribution in [-0.2, 0) is 11.3 Å². The summed E-state index contributed by atoms with van der Waals surface area (Å²) in [6.45, 7) is 1.99. The van der Waals surface area contributed by atoms with Crippen LogP contribution in [0.1, 0.15) is 31.2 Å². The van der Waals surface area contributed by atoms with Crippen LogP contribution >= 0.6 is 0 Å². The van der Waals surface area contributed by atoms with E-state index in [-0.39, 0.29) is 24.1 Å². The van der Waals surface area contributed by atoms with E-state index >= 15 is 0 Å². The molecular formula is C19H21N5O2. The Kier molecular flexibility index (Phi) is 4.28. The molecule has 26 heavy (non-hydrogen) atoms. The molecule has 0 unspecified atom stereocenters. The van der Waals surface area contributed by atoms with Crippen molar-refractivity contribution in [3.05, 3.63) is 52.7 Å². The van der Waals surface area contributed by atoms with E-state index in [0.717, 1.165) is 36.9 Å². The van der Waals surface area contributed by atoms with Gasteiger partial charge in [0.2, 0.25) is 5.91 Å². The number of hydrogen-bond donors (Lipinski definition) is 1. The van der Waals surface area contributed by atoms with Crippen molar-refractivity contribution >= 4 is 16.9 Å². The number of nitrogens with one attached hydrogen (secondary N) is 1. The number of carbonyl (C=O) groups excluding carboxylic acids is 1. The van der Waals surface area contributed by atoms with E-state index in [9.17, 15) is 9.59 Å². The number of fused-ring (bicyclic) bond motifs is 1. The molecule has 4 rings (SSSR count). The monoisotopic (exact) mass is 351 g/mol. The Morgan fingerprint density at radius 2 is 1.96 bits per heavy atom. The van der Waals surface area contributed by atoms with Crippen molar-refractivity contribution in [1.82, 2.24) is 24.6 Å². The molecule has 1 fully saturated rings. The number of rotatable bonds is 4. The van der Waals surface area contributed by atoms with Gasteiger partial charge in [-0.15, -0.1) is 0 Å². The van der Waals surface area contributed by atoms with Crippen LogP contribution < -0.4 is 10.9 Å². The summed E-state index contributed by atoms with van der Waals surface area (Å²) in [5.41, 5.74) is 2.23. The van der Waals surface area contributed by atoms with Crippen LogP contribution in [0.3, 0.4) is 0 Å². The van der Waals surface area contributed by atoms with Gasteiger partial charge in [-0.3, -0.25) is 14.2 Å². The lowest BCUT2D eigenvalue weighted by Gasteiger charge is -2.12. The van der Waals surface area contributed by atoms with Crippen molar-refractivity contribution in [3.63, 3.8) is 0 Å². The molecule has 7 heteroatoms. The smallest absolute Gasteiger partial charge is 0.264 e. The van der Waals surface area contributed by atoms with Crippen molar-refractivity contribution in [2.75, 3.05) is 0 Å². The van der Waals surface area contributed by atoms with Gasteiger partial charge in [-0.25, -0.2) is 9.67 Å². The van der Waals surface area contributed by atoms with E-state index in [0.29, 0.717) is 11.0 Å². The molecule has 1 aliphatic rings. The predicted octanol–water partition coefficient (Wildman–Crippen LogP) is 1.95. The van der Waals surface area contributed by atoms with Gasteiger partial charge in [-0.1, -0.05) is 30.5 Å². The van der Waals surface area contributed by atoms with Crippen molar-refractivity contribution in [2.45, 2.75) is 45.2 Å². The lowest BCUT2D eigenvalue weighted by molar-refractivity contribution is -0.122. The molecule has 0 saturated heterocycles. The van der Waals surface area contributed by atoms with E-state index in [1.54, 1.807) is 4.68 Å². The summed E-state index contributed by atoms with van der Waals surface area (Å²) in [7, 11) is 0. The van der Waals surface area contributed by atoms with E-state index in [1.807, 2.05) is 31.2 Å². The Hall–Kier alpha value is -2.96. The molecule has 1 amide bonds.